The smallest absolute Gasteiger partial charge is 0.307 e. The summed E-state index contributed by atoms with van der Waals surface area (Å²) in [6.07, 6.45) is 1.45. The molecule has 0 atom stereocenters. The molecule has 1 aromatic heterocycles. The van der Waals surface area contributed by atoms with Crippen molar-refractivity contribution in [2.75, 3.05) is 19.0 Å². The van der Waals surface area contributed by atoms with Gasteiger partial charge in [-0.1, -0.05) is 0 Å². The number of esters is 1. The SMILES string of the molecule is COC(=O)CCNC(=O)c1c(C)[nH]c(/C=N/N=C2\C(=O)Nc3ccc(F)cc32)c1C. The number of halogens is 1. The van der Waals surface area contributed by atoms with Crippen LogP contribution < -0.4 is 10.6 Å². The first-order valence-electron chi connectivity index (χ1n) is 9.08. The highest BCUT2D eigenvalue weighted by Gasteiger charge is 2.26. The van der Waals surface area contributed by atoms with Crippen LogP contribution in [0.25, 0.3) is 0 Å². The third kappa shape index (κ3) is 4.27. The molecule has 0 saturated heterocycles. The van der Waals surface area contributed by atoms with E-state index in [1.807, 2.05) is 0 Å². The molecule has 0 spiro atoms. The van der Waals surface area contributed by atoms with Crippen LogP contribution in [0.2, 0.25) is 0 Å². The summed E-state index contributed by atoms with van der Waals surface area (Å²) in [6, 6.07) is 3.91. The number of anilines is 1. The number of fused-ring (bicyclic) bond motifs is 1. The summed E-state index contributed by atoms with van der Waals surface area (Å²) in [4.78, 5) is 38.7. The molecule has 1 aliphatic rings. The summed E-state index contributed by atoms with van der Waals surface area (Å²) in [6.45, 7) is 3.62. The molecule has 10 heteroatoms. The van der Waals surface area contributed by atoms with Crippen LogP contribution in [0, 0.1) is 19.7 Å². The van der Waals surface area contributed by atoms with Crippen molar-refractivity contribution >= 4 is 35.4 Å². The van der Waals surface area contributed by atoms with Crippen molar-refractivity contribution in [1.82, 2.24) is 10.3 Å². The van der Waals surface area contributed by atoms with Crippen molar-refractivity contribution < 1.29 is 23.5 Å². The Morgan fingerprint density at radius 1 is 1.30 bits per heavy atom. The van der Waals surface area contributed by atoms with E-state index in [0.29, 0.717) is 33.8 Å². The first kappa shape index (κ1) is 20.9. The fourth-order valence-electron chi connectivity index (χ4n) is 3.08. The third-order valence-electron chi connectivity index (χ3n) is 4.59. The summed E-state index contributed by atoms with van der Waals surface area (Å²) in [7, 11) is 1.28. The first-order chi connectivity index (χ1) is 14.3. The van der Waals surface area contributed by atoms with Crippen molar-refractivity contribution in [1.29, 1.82) is 0 Å². The van der Waals surface area contributed by atoms with Gasteiger partial charge in [0.15, 0.2) is 5.71 Å². The van der Waals surface area contributed by atoms with E-state index in [4.69, 9.17) is 0 Å². The second-order valence-corrected chi connectivity index (χ2v) is 6.58. The van der Waals surface area contributed by atoms with E-state index in [1.165, 1.54) is 31.5 Å². The zero-order chi connectivity index (χ0) is 21.8. The number of nitrogens with one attached hydrogen (secondary N) is 3. The van der Waals surface area contributed by atoms with Gasteiger partial charge in [-0.3, -0.25) is 14.4 Å². The topological polar surface area (TPSA) is 125 Å². The van der Waals surface area contributed by atoms with Gasteiger partial charge in [0.2, 0.25) is 0 Å². The molecule has 0 radical (unpaired) electrons. The number of aromatic nitrogens is 1. The number of H-pyrrole nitrogens is 1. The average Bonchev–Trinajstić information content (AvgIpc) is 3.16. The summed E-state index contributed by atoms with van der Waals surface area (Å²) in [5, 5.41) is 13.1. The number of aromatic amines is 1. The van der Waals surface area contributed by atoms with E-state index in [-0.39, 0.29) is 24.6 Å². The van der Waals surface area contributed by atoms with Crippen LogP contribution in [-0.2, 0) is 14.3 Å². The minimum absolute atomic E-state index is 0.00228. The molecule has 0 saturated carbocycles. The highest BCUT2D eigenvalue weighted by Crippen LogP contribution is 2.24. The van der Waals surface area contributed by atoms with E-state index >= 15 is 0 Å². The molecule has 3 N–H and O–H groups in total. The lowest BCUT2D eigenvalue weighted by Gasteiger charge is -2.05. The molecule has 156 valence electrons. The second kappa shape index (κ2) is 8.68. The van der Waals surface area contributed by atoms with E-state index in [0.717, 1.165) is 0 Å². The standard InChI is InChI=1S/C20H20FN5O4/c1-10-15(24-11(2)17(10)19(28)22-7-6-16(27)30-3)9-23-26-18-13-8-12(21)4-5-14(13)25-20(18)29/h4-5,8-9,24H,6-7H2,1-3H3,(H,22,28)(H,25,26,29)/b23-9+. The average molecular weight is 413 g/mol. The summed E-state index contributed by atoms with van der Waals surface area (Å²) < 4.78 is 18.0. The highest BCUT2D eigenvalue weighted by molar-refractivity contribution is 6.53. The molecule has 2 aromatic rings. The fourth-order valence-corrected chi connectivity index (χ4v) is 3.08. The molecule has 2 amide bonds. The van der Waals surface area contributed by atoms with Crippen molar-refractivity contribution in [3.63, 3.8) is 0 Å². The van der Waals surface area contributed by atoms with Gasteiger partial charge in [0.1, 0.15) is 5.82 Å². The van der Waals surface area contributed by atoms with Crippen molar-refractivity contribution in [2.45, 2.75) is 20.3 Å². The van der Waals surface area contributed by atoms with Gasteiger partial charge in [0.25, 0.3) is 11.8 Å². The number of amides is 2. The zero-order valence-corrected chi connectivity index (χ0v) is 16.6. The zero-order valence-electron chi connectivity index (χ0n) is 16.6. The number of nitrogens with zero attached hydrogens (tertiary/aromatic N) is 2. The van der Waals surface area contributed by atoms with Crippen LogP contribution in [0.5, 0.6) is 0 Å². The molecule has 1 aliphatic heterocycles. The number of aryl methyl sites for hydroxylation is 1. The number of carbonyl (C=O) groups excluding carboxylic acids is 3. The Balaban J connectivity index is 1.76. The minimum Gasteiger partial charge on any atom is -0.469 e. The molecule has 30 heavy (non-hydrogen) atoms. The Hall–Kier alpha value is -3.82. The summed E-state index contributed by atoms with van der Waals surface area (Å²) in [5.41, 5.74) is 3.02. The van der Waals surface area contributed by atoms with Gasteiger partial charge in [0.05, 0.1) is 36.7 Å². The van der Waals surface area contributed by atoms with Crippen LogP contribution in [-0.4, -0.2) is 48.3 Å². The Morgan fingerprint density at radius 2 is 2.07 bits per heavy atom. The lowest BCUT2D eigenvalue weighted by molar-refractivity contribution is -0.140. The molecule has 3 rings (SSSR count). The molecule has 0 unspecified atom stereocenters. The van der Waals surface area contributed by atoms with Gasteiger partial charge in [-0.25, -0.2) is 4.39 Å². The lowest BCUT2D eigenvalue weighted by atomic mass is 10.1. The van der Waals surface area contributed by atoms with Gasteiger partial charge in [0, 0.05) is 17.8 Å². The van der Waals surface area contributed by atoms with Crippen LogP contribution in [0.1, 0.15) is 39.3 Å². The van der Waals surface area contributed by atoms with E-state index in [2.05, 4.69) is 30.6 Å². The molecule has 0 fully saturated rings. The van der Waals surface area contributed by atoms with Gasteiger partial charge < -0.3 is 20.4 Å². The molecular weight excluding hydrogens is 393 g/mol. The Labute approximate surface area is 171 Å². The number of hydrogen-bond acceptors (Lipinski definition) is 6. The predicted molar refractivity (Wildman–Crippen MR) is 108 cm³/mol. The van der Waals surface area contributed by atoms with Crippen molar-refractivity contribution in [3.8, 4) is 0 Å². The maximum atomic E-state index is 13.5. The fraction of sp³-hybridized carbons (Fsp3) is 0.250. The molecule has 9 nitrogen and oxygen atoms in total. The Morgan fingerprint density at radius 3 is 2.80 bits per heavy atom. The van der Waals surface area contributed by atoms with Crippen molar-refractivity contribution in [3.05, 3.63) is 52.1 Å². The van der Waals surface area contributed by atoms with Crippen LogP contribution >= 0.6 is 0 Å². The van der Waals surface area contributed by atoms with Gasteiger partial charge >= 0.3 is 5.97 Å². The summed E-state index contributed by atoms with van der Waals surface area (Å²) >= 11 is 0. The number of methoxy groups -OCH3 is 1. The minimum atomic E-state index is -0.486. The molecule has 0 aliphatic carbocycles. The van der Waals surface area contributed by atoms with Crippen LogP contribution in [0.4, 0.5) is 10.1 Å². The molecule has 0 bridgehead atoms. The highest BCUT2D eigenvalue weighted by atomic mass is 19.1. The quantitative estimate of drug-likeness (QED) is 0.380. The number of rotatable bonds is 6. The number of benzene rings is 1. The first-order valence-corrected chi connectivity index (χ1v) is 9.08. The second-order valence-electron chi connectivity index (χ2n) is 6.58. The van der Waals surface area contributed by atoms with E-state index in [1.54, 1.807) is 13.8 Å². The van der Waals surface area contributed by atoms with Gasteiger partial charge in [-0.15, -0.1) is 5.10 Å². The third-order valence-corrected chi connectivity index (χ3v) is 4.59. The number of carbonyl (C=O) groups is 3. The Bertz CT molecular complexity index is 1090. The van der Waals surface area contributed by atoms with Crippen molar-refractivity contribution in [2.24, 2.45) is 10.2 Å². The monoisotopic (exact) mass is 413 g/mol. The van der Waals surface area contributed by atoms with Crippen LogP contribution in [0.3, 0.4) is 0 Å². The van der Waals surface area contributed by atoms with Crippen LogP contribution in [0.15, 0.2) is 28.4 Å². The largest absolute Gasteiger partial charge is 0.469 e. The summed E-state index contributed by atoms with van der Waals surface area (Å²) in [5.74, 6) is -1.71. The Kier molecular flexibility index (Phi) is 6.05. The lowest BCUT2D eigenvalue weighted by Crippen LogP contribution is -2.27. The van der Waals surface area contributed by atoms with E-state index < -0.39 is 17.7 Å². The number of ether oxygens (including phenoxy) is 1. The van der Waals surface area contributed by atoms with Gasteiger partial charge in [-0.05, 0) is 37.6 Å². The maximum absolute atomic E-state index is 13.5. The van der Waals surface area contributed by atoms with E-state index in [9.17, 15) is 18.8 Å². The predicted octanol–water partition coefficient (Wildman–Crippen LogP) is 1.84. The molecule has 2 heterocycles. The van der Waals surface area contributed by atoms with Gasteiger partial charge in [-0.2, -0.15) is 5.10 Å². The molecular formula is C20H20FN5O4. The normalized spacial score (nSPS) is 14.1. The maximum Gasteiger partial charge on any atom is 0.307 e. The number of hydrogen-bond donors (Lipinski definition) is 3. The molecule has 1 aromatic carbocycles.